The highest BCUT2D eigenvalue weighted by molar-refractivity contribution is 5.94. The number of carbonyl (C=O) groups is 1. The maximum absolute atomic E-state index is 12.2. The van der Waals surface area contributed by atoms with Gasteiger partial charge in [0.1, 0.15) is 6.10 Å². The van der Waals surface area contributed by atoms with Crippen molar-refractivity contribution < 1.29 is 14.6 Å². The number of unbranched alkanes of at least 4 members (excludes halogenated alkanes) is 11. The van der Waals surface area contributed by atoms with Gasteiger partial charge in [-0.1, -0.05) is 102 Å². The molecular weight excluding hydrogens is 362 g/mol. The fourth-order valence-corrected chi connectivity index (χ4v) is 4.09. The molecule has 1 aromatic carbocycles. The van der Waals surface area contributed by atoms with E-state index in [2.05, 4.69) is 12.2 Å². The number of benzene rings is 1. The van der Waals surface area contributed by atoms with Gasteiger partial charge in [0.2, 0.25) is 0 Å². The Kier molecular flexibility index (Phi) is 12.0. The average molecular weight is 404 g/mol. The van der Waals surface area contributed by atoms with E-state index in [9.17, 15) is 9.90 Å². The predicted molar refractivity (Wildman–Crippen MR) is 119 cm³/mol. The first kappa shape index (κ1) is 23.9. The number of nitrogens with one attached hydrogen (secondary N) is 1. The summed E-state index contributed by atoms with van der Waals surface area (Å²) in [6, 6.07) is 8.81. The highest BCUT2D eigenvalue weighted by Crippen LogP contribution is 2.21. The first-order valence-electron chi connectivity index (χ1n) is 11.9. The van der Waals surface area contributed by atoms with E-state index in [1.807, 2.05) is 18.2 Å². The summed E-state index contributed by atoms with van der Waals surface area (Å²) in [6.45, 7) is 2.66. The van der Waals surface area contributed by atoms with E-state index in [1.54, 1.807) is 12.1 Å². The second kappa shape index (κ2) is 14.6. The van der Waals surface area contributed by atoms with Crippen molar-refractivity contribution in [3.63, 3.8) is 0 Å². The van der Waals surface area contributed by atoms with E-state index in [4.69, 9.17) is 4.74 Å². The van der Waals surface area contributed by atoms with E-state index < -0.39 is 6.10 Å². The van der Waals surface area contributed by atoms with Crippen LogP contribution in [0, 0.1) is 0 Å². The molecule has 0 aliphatic carbocycles. The molecule has 0 bridgehead atoms. The third-order valence-electron chi connectivity index (χ3n) is 5.98. The van der Waals surface area contributed by atoms with Crippen LogP contribution in [-0.2, 0) is 4.74 Å². The van der Waals surface area contributed by atoms with Gasteiger partial charge in [-0.15, -0.1) is 0 Å². The van der Waals surface area contributed by atoms with Gasteiger partial charge in [0.05, 0.1) is 18.8 Å². The van der Waals surface area contributed by atoms with Crippen molar-refractivity contribution in [1.82, 2.24) is 5.32 Å². The van der Waals surface area contributed by atoms with Crippen LogP contribution in [0.3, 0.4) is 0 Å². The number of hydrogen-bond acceptors (Lipinski definition) is 3. The Bertz CT molecular complexity index is 548. The van der Waals surface area contributed by atoms with Crippen LogP contribution in [0.4, 0.5) is 0 Å². The zero-order valence-electron chi connectivity index (χ0n) is 18.3. The lowest BCUT2D eigenvalue weighted by molar-refractivity contribution is 0.0333. The van der Waals surface area contributed by atoms with E-state index in [1.165, 1.54) is 70.6 Å². The number of rotatable bonds is 15. The van der Waals surface area contributed by atoms with Crippen LogP contribution >= 0.6 is 0 Å². The second-order valence-corrected chi connectivity index (χ2v) is 8.49. The SMILES string of the molecule is CCCCCCCCCCCCCC[C@H]1OC[C@H](NC(=O)c2ccccc2)[C@@H]1O. The van der Waals surface area contributed by atoms with E-state index in [0.717, 1.165) is 12.8 Å². The molecule has 0 aromatic heterocycles. The van der Waals surface area contributed by atoms with Gasteiger partial charge in [-0.25, -0.2) is 0 Å². The maximum atomic E-state index is 12.2. The van der Waals surface area contributed by atoms with Gasteiger partial charge in [0.15, 0.2) is 0 Å². The quantitative estimate of drug-likeness (QED) is 0.373. The van der Waals surface area contributed by atoms with Crippen molar-refractivity contribution >= 4 is 5.91 Å². The van der Waals surface area contributed by atoms with Gasteiger partial charge in [0, 0.05) is 5.56 Å². The Morgan fingerprint density at radius 3 is 2.07 bits per heavy atom. The summed E-state index contributed by atoms with van der Waals surface area (Å²) >= 11 is 0. The zero-order valence-corrected chi connectivity index (χ0v) is 18.3. The summed E-state index contributed by atoms with van der Waals surface area (Å²) in [5.74, 6) is -0.149. The first-order chi connectivity index (χ1) is 14.2. The molecular formula is C25H41NO3. The Balaban J connectivity index is 1.48. The highest BCUT2D eigenvalue weighted by atomic mass is 16.5. The molecule has 29 heavy (non-hydrogen) atoms. The molecule has 0 spiro atoms. The van der Waals surface area contributed by atoms with E-state index >= 15 is 0 Å². The van der Waals surface area contributed by atoms with Crippen LogP contribution in [-0.4, -0.2) is 35.9 Å². The summed E-state index contributed by atoms with van der Waals surface area (Å²) in [6.07, 6.45) is 16.0. The smallest absolute Gasteiger partial charge is 0.251 e. The molecule has 2 N–H and O–H groups in total. The molecule has 4 nitrogen and oxygen atoms in total. The highest BCUT2D eigenvalue weighted by Gasteiger charge is 2.36. The number of amides is 1. The van der Waals surface area contributed by atoms with Crippen molar-refractivity contribution in [2.45, 2.75) is 109 Å². The van der Waals surface area contributed by atoms with Gasteiger partial charge in [-0.3, -0.25) is 4.79 Å². The molecule has 1 aliphatic heterocycles. The van der Waals surface area contributed by atoms with Gasteiger partial charge in [-0.05, 0) is 18.6 Å². The lowest BCUT2D eigenvalue weighted by Gasteiger charge is -2.18. The molecule has 0 unspecified atom stereocenters. The molecule has 3 atom stereocenters. The fraction of sp³-hybridized carbons (Fsp3) is 0.720. The standard InChI is InChI=1S/C25H41NO3/c1-2-3-4-5-6-7-8-9-10-11-12-16-19-23-24(27)22(20-29-23)26-25(28)21-17-14-13-15-18-21/h13-15,17-18,22-24,27H,2-12,16,19-20H2,1H3,(H,26,28)/t22-,23+,24-/m0/s1. The molecule has 1 heterocycles. The number of ether oxygens (including phenoxy) is 1. The number of hydrogen-bond donors (Lipinski definition) is 2. The lowest BCUT2D eigenvalue weighted by atomic mass is 10.0. The zero-order chi connectivity index (χ0) is 20.7. The minimum Gasteiger partial charge on any atom is -0.388 e. The molecule has 2 rings (SSSR count). The molecule has 1 fully saturated rings. The molecule has 0 radical (unpaired) electrons. The number of carbonyl (C=O) groups excluding carboxylic acids is 1. The predicted octanol–water partition coefficient (Wildman–Crippen LogP) is 5.64. The molecule has 0 saturated carbocycles. The van der Waals surface area contributed by atoms with Gasteiger partial charge < -0.3 is 15.2 Å². The van der Waals surface area contributed by atoms with Crippen molar-refractivity contribution in [2.75, 3.05) is 6.61 Å². The van der Waals surface area contributed by atoms with Gasteiger partial charge >= 0.3 is 0 Å². The van der Waals surface area contributed by atoms with Crippen LogP contribution in [0.5, 0.6) is 0 Å². The van der Waals surface area contributed by atoms with Crippen LogP contribution in [0.25, 0.3) is 0 Å². The summed E-state index contributed by atoms with van der Waals surface area (Å²) < 4.78 is 5.75. The first-order valence-corrected chi connectivity index (χ1v) is 11.9. The van der Waals surface area contributed by atoms with Crippen LogP contribution in [0.15, 0.2) is 30.3 Å². The van der Waals surface area contributed by atoms with E-state index in [0.29, 0.717) is 12.2 Å². The number of aliphatic hydroxyl groups is 1. The van der Waals surface area contributed by atoms with Crippen molar-refractivity contribution in [1.29, 1.82) is 0 Å². The average Bonchev–Trinajstić information content (AvgIpc) is 3.09. The molecule has 164 valence electrons. The van der Waals surface area contributed by atoms with Crippen LogP contribution in [0.1, 0.15) is 101 Å². The minimum absolute atomic E-state index is 0.149. The van der Waals surface area contributed by atoms with Gasteiger partial charge in [-0.2, -0.15) is 0 Å². The maximum Gasteiger partial charge on any atom is 0.251 e. The second-order valence-electron chi connectivity index (χ2n) is 8.49. The molecule has 1 saturated heterocycles. The van der Waals surface area contributed by atoms with Crippen LogP contribution < -0.4 is 5.32 Å². The molecule has 4 heteroatoms. The topological polar surface area (TPSA) is 58.6 Å². The fourth-order valence-electron chi connectivity index (χ4n) is 4.09. The largest absolute Gasteiger partial charge is 0.388 e. The number of aliphatic hydroxyl groups excluding tert-OH is 1. The molecule has 1 aromatic rings. The third kappa shape index (κ3) is 9.31. The summed E-state index contributed by atoms with van der Waals surface area (Å²) in [4.78, 5) is 12.2. The minimum atomic E-state index is -0.615. The van der Waals surface area contributed by atoms with Crippen LogP contribution in [0.2, 0.25) is 0 Å². The molecule has 1 amide bonds. The normalized spacial score (nSPS) is 21.4. The Labute approximate surface area is 177 Å². The summed E-state index contributed by atoms with van der Waals surface area (Å²) in [5.41, 5.74) is 0.615. The van der Waals surface area contributed by atoms with Crippen molar-refractivity contribution in [3.05, 3.63) is 35.9 Å². The lowest BCUT2D eigenvalue weighted by Crippen LogP contribution is -2.44. The van der Waals surface area contributed by atoms with Gasteiger partial charge in [0.25, 0.3) is 5.91 Å². The Hall–Kier alpha value is -1.39. The van der Waals surface area contributed by atoms with E-state index in [-0.39, 0.29) is 18.1 Å². The summed E-state index contributed by atoms with van der Waals surface area (Å²) in [7, 11) is 0. The Morgan fingerprint density at radius 1 is 0.931 bits per heavy atom. The summed E-state index contributed by atoms with van der Waals surface area (Å²) in [5, 5.41) is 13.4. The monoisotopic (exact) mass is 403 g/mol. The van der Waals surface area contributed by atoms with Crippen molar-refractivity contribution in [3.8, 4) is 0 Å². The third-order valence-corrected chi connectivity index (χ3v) is 5.98. The van der Waals surface area contributed by atoms with Crippen molar-refractivity contribution in [2.24, 2.45) is 0 Å². The molecule has 1 aliphatic rings. The Morgan fingerprint density at radius 2 is 1.48 bits per heavy atom.